The number of unbranched alkanes of at least 4 members (excludes halogenated alkanes) is 1. The van der Waals surface area contributed by atoms with E-state index < -0.39 is 5.97 Å². The Hall–Kier alpha value is -2.24. The smallest absolute Gasteiger partial charge is 0.341 e. The third-order valence-electron chi connectivity index (χ3n) is 3.46. The van der Waals surface area contributed by atoms with Gasteiger partial charge < -0.3 is 19.9 Å². The minimum atomic E-state index is -0.432. The van der Waals surface area contributed by atoms with Crippen molar-refractivity contribution in [2.75, 3.05) is 20.3 Å². The van der Waals surface area contributed by atoms with Gasteiger partial charge in [0.05, 0.1) is 13.7 Å². The van der Waals surface area contributed by atoms with Crippen LogP contribution in [0.5, 0.6) is 11.5 Å². The average molecular weight is 366 g/mol. The van der Waals surface area contributed by atoms with Crippen LogP contribution in [0.15, 0.2) is 48.5 Å². The number of halogens is 1. The number of rotatable bonds is 9. The highest BCUT2D eigenvalue weighted by Crippen LogP contribution is 2.26. The normalized spacial score (nSPS) is 9.84. The molecule has 2 aromatic rings. The summed E-state index contributed by atoms with van der Waals surface area (Å²) in [5.41, 5.74) is 6.93. The first-order valence-electron chi connectivity index (χ1n) is 7.96. The standard InChI is InChI=1S/C19H23NO4.ClH/c1-22-19(21)17-10-9-16(13-18(17)23-12-6-5-11-20)24-14-15-7-3-2-4-8-15;/h2-4,7-10,13H,5-6,11-12,14,20H2,1H3;1H. The van der Waals surface area contributed by atoms with Gasteiger partial charge in [-0.2, -0.15) is 0 Å². The summed E-state index contributed by atoms with van der Waals surface area (Å²) in [4.78, 5) is 11.9. The third-order valence-corrected chi connectivity index (χ3v) is 3.46. The predicted octanol–water partition coefficient (Wildman–Crippen LogP) is 3.59. The van der Waals surface area contributed by atoms with E-state index in [-0.39, 0.29) is 12.4 Å². The summed E-state index contributed by atoms with van der Waals surface area (Å²) in [5, 5.41) is 0. The Kier molecular flexibility index (Phi) is 9.43. The molecule has 0 aliphatic carbocycles. The topological polar surface area (TPSA) is 70.8 Å². The zero-order valence-corrected chi connectivity index (χ0v) is 15.1. The molecule has 0 unspecified atom stereocenters. The molecule has 0 aromatic heterocycles. The van der Waals surface area contributed by atoms with Crippen LogP contribution in [0, 0.1) is 0 Å². The van der Waals surface area contributed by atoms with Gasteiger partial charge in [-0.1, -0.05) is 30.3 Å². The van der Waals surface area contributed by atoms with Crippen LogP contribution in [0.3, 0.4) is 0 Å². The second-order valence-electron chi connectivity index (χ2n) is 5.27. The highest BCUT2D eigenvalue weighted by Gasteiger charge is 2.14. The highest BCUT2D eigenvalue weighted by atomic mass is 35.5. The van der Waals surface area contributed by atoms with E-state index in [4.69, 9.17) is 19.9 Å². The fraction of sp³-hybridized carbons (Fsp3) is 0.316. The molecule has 6 heteroatoms. The van der Waals surface area contributed by atoms with Gasteiger partial charge in [-0.15, -0.1) is 12.4 Å². The van der Waals surface area contributed by atoms with Crippen molar-refractivity contribution in [3.8, 4) is 11.5 Å². The van der Waals surface area contributed by atoms with Gasteiger partial charge in [-0.05, 0) is 37.1 Å². The summed E-state index contributed by atoms with van der Waals surface area (Å²) >= 11 is 0. The molecule has 2 N–H and O–H groups in total. The first-order valence-corrected chi connectivity index (χ1v) is 7.96. The van der Waals surface area contributed by atoms with Gasteiger partial charge in [0.25, 0.3) is 0 Å². The fourth-order valence-corrected chi connectivity index (χ4v) is 2.16. The number of ether oxygens (including phenoxy) is 3. The number of esters is 1. The number of nitrogens with two attached hydrogens (primary N) is 1. The van der Waals surface area contributed by atoms with Crippen molar-refractivity contribution in [2.24, 2.45) is 5.73 Å². The Labute approximate surface area is 154 Å². The number of methoxy groups -OCH3 is 1. The zero-order chi connectivity index (χ0) is 17.2. The van der Waals surface area contributed by atoms with E-state index >= 15 is 0 Å². The highest BCUT2D eigenvalue weighted by molar-refractivity contribution is 5.92. The van der Waals surface area contributed by atoms with Crippen LogP contribution >= 0.6 is 12.4 Å². The van der Waals surface area contributed by atoms with Crippen LogP contribution in [0.25, 0.3) is 0 Å². The molecule has 25 heavy (non-hydrogen) atoms. The molecule has 2 aromatic carbocycles. The molecule has 5 nitrogen and oxygen atoms in total. The van der Waals surface area contributed by atoms with E-state index in [1.807, 2.05) is 30.3 Å². The van der Waals surface area contributed by atoms with Gasteiger partial charge in [-0.3, -0.25) is 0 Å². The van der Waals surface area contributed by atoms with Crippen molar-refractivity contribution >= 4 is 18.4 Å². The predicted molar refractivity (Wildman–Crippen MR) is 99.6 cm³/mol. The largest absolute Gasteiger partial charge is 0.493 e. The van der Waals surface area contributed by atoms with Crippen molar-refractivity contribution in [3.63, 3.8) is 0 Å². The first-order chi connectivity index (χ1) is 11.7. The van der Waals surface area contributed by atoms with E-state index in [2.05, 4.69) is 0 Å². The maximum atomic E-state index is 11.9. The minimum Gasteiger partial charge on any atom is -0.493 e. The molecule has 0 amide bonds. The lowest BCUT2D eigenvalue weighted by molar-refractivity contribution is 0.0596. The van der Waals surface area contributed by atoms with Gasteiger partial charge in [0.1, 0.15) is 23.7 Å². The quantitative estimate of drug-likeness (QED) is 0.543. The molecule has 0 spiro atoms. The lowest BCUT2D eigenvalue weighted by atomic mass is 10.2. The summed E-state index contributed by atoms with van der Waals surface area (Å²) in [5.74, 6) is 0.670. The maximum Gasteiger partial charge on any atom is 0.341 e. The SMILES string of the molecule is COC(=O)c1ccc(OCc2ccccc2)cc1OCCCCN.Cl. The van der Waals surface area contributed by atoms with E-state index in [1.54, 1.807) is 18.2 Å². The third kappa shape index (κ3) is 6.64. The summed E-state index contributed by atoms with van der Waals surface area (Å²) in [6.07, 6.45) is 1.70. The number of benzene rings is 2. The first kappa shape index (κ1) is 20.8. The van der Waals surface area contributed by atoms with E-state index in [1.165, 1.54) is 7.11 Å². The Morgan fingerprint density at radius 1 is 1.04 bits per heavy atom. The Bertz CT molecular complexity index is 649. The van der Waals surface area contributed by atoms with Gasteiger partial charge in [0, 0.05) is 6.07 Å². The molecule has 0 saturated carbocycles. The molecule has 0 aliphatic rings. The number of carbonyl (C=O) groups excluding carboxylic acids is 1. The molecule has 0 radical (unpaired) electrons. The van der Waals surface area contributed by atoms with Crippen molar-refractivity contribution < 1.29 is 19.0 Å². The molecule has 0 fully saturated rings. The molecule has 2 rings (SSSR count). The van der Waals surface area contributed by atoms with Crippen LogP contribution in [-0.2, 0) is 11.3 Å². The monoisotopic (exact) mass is 365 g/mol. The van der Waals surface area contributed by atoms with Gasteiger partial charge >= 0.3 is 5.97 Å². The lowest BCUT2D eigenvalue weighted by Gasteiger charge is -2.13. The van der Waals surface area contributed by atoms with Crippen LogP contribution in [0.4, 0.5) is 0 Å². The average Bonchev–Trinajstić information content (AvgIpc) is 2.64. The van der Waals surface area contributed by atoms with Gasteiger partial charge in [0.15, 0.2) is 0 Å². The Morgan fingerprint density at radius 3 is 2.48 bits per heavy atom. The summed E-state index contributed by atoms with van der Waals surface area (Å²) in [7, 11) is 1.35. The number of hydrogen-bond donors (Lipinski definition) is 1. The van der Waals surface area contributed by atoms with Crippen molar-refractivity contribution in [2.45, 2.75) is 19.4 Å². The minimum absolute atomic E-state index is 0. The molecular formula is C19H24ClNO4. The Balaban J connectivity index is 0.00000312. The number of hydrogen-bond acceptors (Lipinski definition) is 5. The molecule has 0 heterocycles. The molecule has 0 bridgehead atoms. The van der Waals surface area contributed by atoms with Crippen LogP contribution in [0.1, 0.15) is 28.8 Å². The summed E-state index contributed by atoms with van der Waals surface area (Å²) < 4.78 is 16.3. The lowest BCUT2D eigenvalue weighted by Crippen LogP contribution is -2.08. The molecule has 0 saturated heterocycles. The van der Waals surface area contributed by atoms with Crippen molar-refractivity contribution in [1.82, 2.24) is 0 Å². The second kappa shape index (κ2) is 11.3. The maximum absolute atomic E-state index is 11.9. The van der Waals surface area contributed by atoms with E-state index in [0.717, 1.165) is 18.4 Å². The second-order valence-corrected chi connectivity index (χ2v) is 5.27. The number of carbonyl (C=O) groups is 1. The summed E-state index contributed by atoms with van der Waals surface area (Å²) in [6, 6.07) is 15.0. The zero-order valence-electron chi connectivity index (χ0n) is 14.3. The van der Waals surface area contributed by atoms with Gasteiger partial charge in [0.2, 0.25) is 0 Å². The van der Waals surface area contributed by atoms with Crippen LogP contribution in [0.2, 0.25) is 0 Å². The van der Waals surface area contributed by atoms with Crippen LogP contribution in [-0.4, -0.2) is 26.2 Å². The summed E-state index contributed by atoms with van der Waals surface area (Å²) in [6.45, 7) is 1.56. The Morgan fingerprint density at radius 2 is 1.80 bits per heavy atom. The molecule has 136 valence electrons. The van der Waals surface area contributed by atoms with E-state index in [0.29, 0.717) is 36.8 Å². The molecular weight excluding hydrogens is 342 g/mol. The van der Waals surface area contributed by atoms with Crippen LogP contribution < -0.4 is 15.2 Å². The fourth-order valence-electron chi connectivity index (χ4n) is 2.16. The van der Waals surface area contributed by atoms with E-state index in [9.17, 15) is 4.79 Å². The molecule has 0 atom stereocenters. The molecule has 0 aliphatic heterocycles. The van der Waals surface area contributed by atoms with Crippen molar-refractivity contribution in [1.29, 1.82) is 0 Å². The van der Waals surface area contributed by atoms with Gasteiger partial charge in [-0.25, -0.2) is 4.79 Å². The van der Waals surface area contributed by atoms with Crippen molar-refractivity contribution in [3.05, 3.63) is 59.7 Å².